The normalized spacial score (nSPS) is 16.1. The van der Waals surface area contributed by atoms with Gasteiger partial charge in [0.25, 0.3) is 11.8 Å². The first-order valence-electron chi connectivity index (χ1n) is 12.9. The highest BCUT2D eigenvalue weighted by molar-refractivity contribution is 5.97. The molecule has 2 aliphatic heterocycles. The smallest absolute Gasteiger partial charge is 0.253 e. The van der Waals surface area contributed by atoms with E-state index in [2.05, 4.69) is 23.6 Å². The van der Waals surface area contributed by atoms with Gasteiger partial charge in [0.15, 0.2) is 0 Å². The molecule has 0 bridgehead atoms. The van der Waals surface area contributed by atoms with Crippen molar-refractivity contribution in [3.05, 3.63) is 70.8 Å². The Morgan fingerprint density at radius 2 is 1.69 bits per heavy atom. The molecule has 1 fully saturated rings. The third-order valence-corrected chi connectivity index (χ3v) is 7.01. The fourth-order valence-electron chi connectivity index (χ4n) is 4.86. The largest absolute Gasteiger partial charge is 0.482 e. The Kier molecular flexibility index (Phi) is 7.91. The van der Waals surface area contributed by atoms with Crippen molar-refractivity contribution in [2.24, 2.45) is 0 Å². The maximum atomic E-state index is 12.8. The van der Waals surface area contributed by atoms with Gasteiger partial charge in [-0.3, -0.25) is 9.59 Å². The molecule has 0 atom stereocenters. The topological polar surface area (TPSA) is 70.7 Å². The van der Waals surface area contributed by atoms with E-state index in [-0.39, 0.29) is 17.4 Å². The van der Waals surface area contributed by atoms with Crippen LogP contribution in [0.15, 0.2) is 48.5 Å². The Morgan fingerprint density at radius 3 is 2.34 bits per heavy atom. The van der Waals surface area contributed by atoms with Gasteiger partial charge in [-0.1, -0.05) is 25.5 Å². The van der Waals surface area contributed by atoms with Crippen LogP contribution in [-0.2, 0) is 0 Å². The van der Waals surface area contributed by atoms with Crippen LogP contribution in [0, 0.1) is 0 Å². The zero-order valence-corrected chi connectivity index (χ0v) is 21.2. The van der Waals surface area contributed by atoms with Gasteiger partial charge in [-0.2, -0.15) is 0 Å². The Bertz CT molecular complexity index is 1080. The summed E-state index contributed by atoms with van der Waals surface area (Å²) in [5.41, 5.74) is 3.94. The van der Waals surface area contributed by atoms with Gasteiger partial charge in [0.2, 0.25) is 0 Å². The minimum absolute atomic E-state index is 0.0452. The summed E-state index contributed by atoms with van der Waals surface area (Å²) in [6, 6.07) is 13.6. The molecule has 6 nitrogen and oxygen atoms in total. The molecule has 0 aliphatic carbocycles. The molecule has 186 valence electrons. The van der Waals surface area contributed by atoms with Gasteiger partial charge in [0, 0.05) is 49.2 Å². The van der Waals surface area contributed by atoms with Crippen molar-refractivity contribution in [1.82, 2.24) is 15.5 Å². The minimum atomic E-state index is -0.367. The highest BCUT2D eigenvalue weighted by atomic mass is 16.5. The maximum absolute atomic E-state index is 12.8. The van der Waals surface area contributed by atoms with Crippen molar-refractivity contribution in [2.75, 3.05) is 32.7 Å². The van der Waals surface area contributed by atoms with Crippen LogP contribution >= 0.6 is 0 Å². The van der Waals surface area contributed by atoms with E-state index >= 15 is 0 Å². The molecule has 0 unspecified atom stereocenters. The van der Waals surface area contributed by atoms with Crippen LogP contribution < -0.4 is 15.4 Å². The van der Waals surface area contributed by atoms with Gasteiger partial charge in [0.1, 0.15) is 11.4 Å². The van der Waals surface area contributed by atoms with Crippen LogP contribution in [0.2, 0.25) is 0 Å². The Labute approximate surface area is 208 Å². The standard InChI is InChI=1S/C29H37N3O3/c1-4-7-16-31-27(33)23-12-13-26-24(19-23)25(20-29(35-26)14-17-30-18-15-29)21-8-10-22(11-9-21)28(34)32(5-2)6-3/h8-13,19-20,30H,4-7,14-18H2,1-3H3,(H,31,33). The van der Waals surface area contributed by atoms with Crippen LogP contribution in [0.25, 0.3) is 5.57 Å². The number of nitrogens with one attached hydrogen (secondary N) is 2. The number of ether oxygens (including phenoxy) is 1. The summed E-state index contributed by atoms with van der Waals surface area (Å²) in [6.45, 7) is 9.94. The van der Waals surface area contributed by atoms with Crippen molar-refractivity contribution >= 4 is 17.4 Å². The van der Waals surface area contributed by atoms with E-state index < -0.39 is 0 Å². The lowest BCUT2D eigenvalue weighted by atomic mass is 9.83. The SMILES string of the molecule is CCCCNC(=O)c1ccc2c(c1)C(c1ccc(C(=O)N(CC)CC)cc1)=CC1(CCNCC1)O2. The summed E-state index contributed by atoms with van der Waals surface area (Å²) >= 11 is 0. The van der Waals surface area contributed by atoms with Crippen LogP contribution in [0.4, 0.5) is 0 Å². The third-order valence-electron chi connectivity index (χ3n) is 7.01. The summed E-state index contributed by atoms with van der Waals surface area (Å²) in [5, 5.41) is 6.43. The summed E-state index contributed by atoms with van der Waals surface area (Å²) in [5.74, 6) is 0.782. The summed E-state index contributed by atoms with van der Waals surface area (Å²) in [4.78, 5) is 27.4. The second-order valence-electron chi connectivity index (χ2n) is 9.35. The molecule has 2 aromatic carbocycles. The predicted octanol–water partition coefficient (Wildman–Crippen LogP) is 4.64. The average molecular weight is 476 g/mol. The van der Waals surface area contributed by atoms with E-state index in [4.69, 9.17) is 4.74 Å². The van der Waals surface area contributed by atoms with Crippen LogP contribution in [0.5, 0.6) is 5.75 Å². The molecule has 1 saturated heterocycles. The number of carbonyl (C=O) groups excluding carboxylic acids is 2. The molecule has 0 saturated carbocycles. The van der Waals surface area contributed by atoms with Gasteiger partial charge in [-0.15, -0.1) is 0 Å². The predicted molar refractivity (Wildman–Crippen MR) is 140 cm³/mol. The number of rotatable bonds is 8. The van der Waals surface area contributed by atoms with E-state index in [0.29, 0.717) is 30.8 Å². The number of unbranched alkanes of at least 4 members (excludes halogenated alkanes) is 1. The van der Waals surface area contributed by atoms with Crippen molar-refractivity contribution in [2.45, 2.75) is 52.1 Å². The van der Waals surface area contributed by atoms with Gasteiger partial charge < -0.3 is 20.3 Å². The van der Waals surface area contributed by atoms with Gasteiger partial charge in [-0.05, 0) is 80.9 Å². The molecule has 1 spiro atoms. The fourth-order valence-corrected chi connectivity index (χ4v) is 4.86. The number of fused-ring (bicyclic) bond motifs is 1. The summed E-state index contributed by atoms with van der Waals surface area (Å²) in [6.07, 6.45) is 5.99. The number of piperidine rings is 1. The number of amides is 2. The molecule has 6 heteroatoms. The van der Waals surface area contributed by atoms with Gasteiger partial charge in [0.05, 0.1) is 0 Å². The fraction of sp³-hybridized carbons (Fsp3) is 0.448. The summed E-state index contributed by atoms with van der Waals surface area (Å²) < 4.78 is 6.56. The minimum Gasteiger partial charge on any atom is -0.482 e. The molecule has 35 heavy (non-hydrogen) atoms. The number of nitrogens with zero attached hydrogens (tertiary/aromatic N) is 1. The Hall–Kier alpha value is -3.12. The quantitative estimate of drug-likeness (QED) is 0.546. The molecule has 2 aliphatic rings. The maximum Gasteiger partial charge on any atom is 0.253 e. The highest BCUT2D eigenvalue weighted by Crippen LogP contribution is 2.43. The van der Waals surface area contributed by atoms with Gasteiger partial charge >= 0.3 is 0 Å². The van der Waals surface area contributed by atoms with E-state index in [1.165, 1.54) is 0 Å². The van der Waals surface area contributed by atoms with Crippen molar-refractivity contribution in [1.29, 1.82) is 0 Å². The molecular formula is C29H37N3O3. The zero-order chi connectivity index (χ0) is 24.8. The second kappa shape index (κ2) is 11.1. The molecule has 2 N–H and O–H groups in total. The van der Waals surface area contributed by atoms with Crippen molar-refractivity contribution in [3.8, 4) is 5.75 Å². The Balaban J connectivity index is 1.70. The third kappa shape index (κ3) is 5.43. The molecule has 2 amide bonds. The van der Waals surface area contributed by atoms with Crippen LogP contribution in [0.3, 0.4) is 0 Å². The molecule has 4 rings (SSSR count). The first-order chi connectivity index (χ1) is 17.0. The molecule has 0 radical (unpaired) electrons. The first kappa shape index (κ1) is 25.0. The number of hydrogen-bond acceptors (Lipinski definition) is 4. The van der Waals surface area contributed by atoms with Crippen LogP contribution in [0.1, 0.15) is 78.3 Å². The van der Waals surface area contributed by atoms with Crippen molar-refractivity contribution in [3.63, 3.8) is 0 Å². The van der Waals surface area contributed by atoms with E-state index in [9.17, 15) is 9.59 Å². The van der Waals surface area contributed by atoms with Crippen LogP contribution in [-0.4, -0.2) is 55.0 Å². The number of hydrogen-bond donors (Lipinski definition) is 2. The van der Waals surface area contributed by atoms with E-state index in [1.807, 2.05) is 61.2 Å². The molecule has 2 aromatic rings. The lowest BCUT2D eigenvalue weighted by Gasteiger charge is -2.40. The monoisotopic (exact) mass is 475 g/mol. The second-order valence-corrected chi connectivity index (χ2v) is 9.35. The highest BCUT2D eigenvalue weighted by Gasteiger charge is 2.37. The van der Waals surface area contributed by atoms with Gasteiger partial charge in [-0.25, -0.2) is 0 Å². The van der Waals surface area contributed by atoms with Crippen molar-refractivity contribution < 1.29 is 14.3 Å². The Morgan fingerprint density at radius 1 is 1.00 bits per heavy atom. The van der Waals surface area contributed by atoms with E-state index in [0.717, 1.165) is 61.2 Å². The summed E-state index contributed by atoms with van der Waals surface area (Å²) in [7, 11) is 0. The van der Waals surface area contributed by atoms with E-state index in [1.54, 1.807) is 0 Å². The first-order valence-corrected chi connectivity index (χ1v) is 12.9. The number of benzene rings is 2. The number of carbonyl (C=O) groups is 2. The molecular weight excluding hydrogens is 438 g/mol. The zero-order valence-electron chi connectivity index (χ0n) is 21.2. The lowest BCUT2D eigenvalue weighted by molar-refractivity contribution is 0.0772. The average Bonchev–Trinajstić information content (AvgIpc) is 2.89. The lowest BCUT2D eigenvalue weighted by Crippen LogP contribution is -2.46. The molecule has 0 aromatic heterocycles. The molecule has 2 heterocycles.